The van der Waals surface area contributed by atoms with Gasteiger partial charge in [0.25, 0.3) is 0 Å². The summed E-state index contributed by atoms with van der Waals surface area (Å²) in [4.78, 5) is 15.0. The van der Waals surface area contributed by atoms with Crippen molar-refractivity contribution in [1.82, 2.24) is 4.98 Å². The van der Waals surface area contributed by atoms with E-state index in [4.69, 9.17) is 4.74 Å². The molecule has 112 valence electrons. The maximum absolute atomic E-state index is 12.4. The zero-order valence-electron chi connectivity index (χ0n) is 10.6. The van der Waals surface area contributed by atoms with Gasteiger partial charge in [-0.2, -0.15) is 0 Å². The smallest absolute Gasteiger partial charge is 0.496 e. The average molecular weight is 358 g/mol. The molecule has 1 rings (SSSR count). The van der Waals surface area contributed by atoms with Gasteiger partial charge in [0.2, 0.25) is 5.88 Å². The summed E-state index contributed by atoms with van der Waals surface area (Å²) in [5.74, 6) is -1.39. The fraction of sp³-hybridized carbons (Fsp3) is 0.455. The molecule has 0 spiro atoms. The number of halogens is 4. The molecule has 1 aromatic heterocycles. The molecule has 0 saturated carbocycles. The predicted molar refractivity (Wildman–Crippen MR) is 65.8 cm³/mol. The van der Waals surface area contributed by atoms with Crippen molar-refractivity contribution in [3.63, 3.8) is 0 Å². The van der Waals surface area contributed by atoms with E-state index in [2.05, 4.69) is 30.4 Å². The molecule has 0 radical (unpaired) electrons. The van der Waals surface area contributed by atoms with Gasteiger partial charge in [-0.3, -0.25) is 4.79 Å². The number of aromatic nitrogens is 1. The van der Waals surface area contributed by atoms with E-state index in [1.807, 2.05) is 0 Å². The van der Waals surface area contributed by atoms with Gasteiger partial charge in [-0.1, -0.05) is 15.9 Å². The molecule has 5 nitrogen and oxygen atoms in total. The summed E-state index contributed by atoms with van der Waals surface area (Å²) >= 11 is 3.08. The average Bonchev–Trinajstić information content (AvgIpc) is 2.38. The molecule has 9 heteroatoms. The second-order valence-corrected chi connectivity index (χ2v) is 4.09. The SMILES string of the molecule is COC(=O)Cc1c(OC)cc(CBr)nc1OC(F)(F)F. The minimum Gasteiger partial charge on any atom is -0.496 e. The summed E-state index contributed by atoms with van der Waals surface area (Å²) in [6, 6.07) is 1.41. The van der Waals surface area contributed by atoms with Crippen LogP contribution in [0.2, 0.25) is 0 Å². The molecular weight excluding hydrogens is 347 g/mol. The highest BCUT2D eigenvalue weighted by Crippen LogP contribution is 2.32. The lowest BCUT2D eigenvalue weighted by Gasteiger charge is -2.15. The number of nitrogens with zero attached hydrogens (tertiary/aromatic N) is 1. The Labute approximate surface area is 121 Å². The molecule has 0 aromatic carbocycles. The van der Waals surface area contributed by atoms with E-state index in [1.165, 1.54) is 13.2 Å². The van der Waals surface area contributed by atoms with Crippen molar-refractivity contribution in [2.24, 2.45) is 0 Å². The maximum Gasteiger partial charge on any atom is 0.574 e. The number of carbonyl (C=O) groups is 1. The van der Waals surface area contributed by atoms with Crippen LogP contribution < -0.4 is 9.47 Å². The minimum absolute atomic E-state index is 0.0686. The molecule has 1 heterocycles. The Morgan fingerprint density at radius 2 is 2.05 bits per heavy atom. The molecule has 20 heavy (non-hydrogen) atoms. The number of hydrogen-bond donors (Lipinski definition) is 0. The number of alkyl halides is 4. The van der Waals surface area contributed by atoms with Gasteiger partial charge in [-0.15, -0.1) is 13.2 Å². The van der Waals surface area contributed by atoms with E-state index in [0.29, 0.717) is 0 Å². The first-order valence-corrected chi connectivity index (χ1v) is 6.38. The van der Waals surface area contributed by atoms with Crippen LogP contribution in [0.4, 0.5) is 13.2 Å². The fourth-order valence-corrected chi connectivity index (χ4v) is 1.69. The topological polar surface area (TPSA) is 57.7 Å². The standard InChI is InChI=1S/C11H11BrF3NO4/c1-18-8-3-6(5-12)16-10(20-11(13,14)15)7(8)4-9(17)19-2/h3H,4-5H2,1-2H3. The minimum atomic E-state index is -4.92. The number of rotatable bonds is 5. The Kier molecular flexibility index (Phi) is 5.61. The normalized spacial score (nSPS) is 11.1. The number of carbonyl (C=O) groups excluding carboxylic acids is 1. The summed E-state index contributed by atoms with van der Waals surface area (Å²) in [5, 5.41) is 0.204. The Bertz CT molecular complexity index is 493. The summed E-state index contributed by atoms with van der Waals surface area (Å²) in [5.41, 5.74) is 0.149. The van der Waals surface area contributed by atoms with Crippen molar-refractivity contribution in [3.05, 3.63) is 17.3 Å². The number of pyridine rings is 1. The largest absolute Gasteiger partial charge is 0.574 e. The van der Waals surface area contributed by atoms with Crippen molar-refractivity contribution in [3.8, 4) is 11.6 Å². The van der Waals surface area contributed by atoms with E-state index in [9.17, 15) is 18.0 Å². The van der Waals surface area contributed by atoms with Gasteiger partial charge in [0.1, 0.15) is 5.75 Å². The van der Waals surface area contributed by atoms with Gasteiger partial charge in [-0.25, -0.2) is 4.98 Å². The first kappa shape index (κ1) is 16.5. The second-order valence-electron chi connectivity index (χ2n) is 3.53. The van der Waals surface area contributed by atoms with Crippen LogP contribution in [0.1, 0.15) is 11.3 Å². The van der Waals surface area contributed by atoms with Crippen LogP contribution in [-0.2, 0) is 21.3 Å². The van der Waals surface area contributed by atoms with Crippen molar-refractivity contribution in [2.45, 2.75) is 18.1 Å². The summed E-state index contributed by atoms with van der Waals surface area (Å²) < 4.78 is 50.4. The van der Waals surface area contributed by atoms with Crippen LogP contribution >= 0.6 is 15.9 Å². The Hall–Kier alpha value is -1.51. The van der Waals surface area contributed by atoms with Crippen molar-refractivity contribution < 1.29 is 32.2 Å². The molecular formula is C11H11BrF3NO4. The van der Waals surface area contributed by atoms with Gasteiger partial charge in [-0.05, 0) is 0 Å². The number of hydrogen-bond acceptors (Lipinski definition) is 5. The molecule has 0 aliphatic heterocycles. The van der Waals surface area contributed by atoms with Gasteiger partial charge in [0.15, 0.2) is 0 Å². The van der Waals surface area contributed by atoms with E-state index < -0.39 is 24.6 Å². The van der Waals surface area contributed by atoms with Crippen LogP contribution in [-0.4, -0.2) is 31.5 Å². The fourth-order valence-electron chi connectivity index (χ4n) is 1.40. The summed E-state index contributed by atoms with van der Waals surface area (Å²) in [6.45, 7) is 0. The third kappa shape index (κ3) is 4.55. The molecule has 1 aromatic rings. The zero-order valence-corrected chi connectivity index (χ0v) is 12.2. The number of esters is 1. The van der Waals surface area contributed by atoms with Crippen molar-refractivity contribution >= 4 is 21.9 Å². The quantitative estimate of drug-likeness (QED) is 0.598. The van der Waals surface area contributed by atoms with Crippen LogP contribution in [0.25, 0.3) is 0 Å². The van der Waals surface area contributed by atoms with Crippen LogP contribution in [0.3, 0.4) is 0 Å². The number of ether oxygens (including phenoxy) is 3. The van der Waals surface area contributed by atoms with E-state index >= 15 is 0 Å². The van der Waals surface area contributed by atoms with Crippen LogP contribution in [0.5, 0.6) is 11.6 Å². The molecule has 0 N–H and O–H groups in total. The van der Waals surface area contributed by atoms with E-state index in [1.54, 1.807) is 0 Å². The lowest BCUT2D eigenvalue weighted by atomic mass is 10.1. The third-order valence-corrected chi connectivity index (χ3v) is 2.79. The highest BCUT2D eigenvalue weighted by atomic mass is 79.9. The first-order valence-electron chi connectivity index (χ1n) is 5.26. The Morgan fingerprint density at radius 1 is 1.40 bits per heavy atom. The molecule has 0 bridgehead atoms. The highest BCUT2D eigenvalue weighted by molar-refractivity contribution is 9.08. The van der Waals surface area contributed by atoms with Crippen LogP contribution in [0, 0.1) is 0 Å². The van der Waals surface area contributed by atoms with E-state index in [-0.39, 0.29) is 22.3 Å². The predicted octanol–water partition coefficient (Wildman–Crippen LogP) is 2.60. The van der Waals surface area contributed by atoms with Crippen molar-refractivity contribution in [1.29, 1.82) is 0 Å². The molecule has 0 aliphatic rings. The van der Waals surface area contributed by atoms with Gasteiger partial charge in [0, 0.05) is 11.4 Å². The maximum atomic E-state index is 12.4. The molecule has 0 amide bonds. The van der Waals surface area contributed by atoms with E-state index in [0.717, 1.165) is 7.11 Å². The molecule has 0 atom stereocenters. The Balaban J connectivity index is 3.30. The highest BCUT2D eigenvalue weighted by Gasteiger charge is 2.34. The van der Waals surface area contributed by atoms with Gasteiger partial charge >= 0.3 is 12.3 Å². The zero-order chi connectivity index (χ0) is 15.3. The second kappa shape index (κ2) is 6.78. The number of methoxy groups -OCH3 is 2. The first-order chi connectivity index (χ1) is 9.30. The lowest BCUT2D eigenvalue weighted by Crippen LogP contribution is -2.20. The molecule has 0 saturated heterocycles. The monoisotopic (exact) mass is 357 g/mol. The van der Waals surface area contributed by atoms with Gasteiger partial charge < -0.3 is 14.2 Å². The lowest BCUT2D eigenvalue weighted by molar-refractivity contribution is -0.276. The molecule has 0 aliphatic carbocycles. The van der Waals surface area contributed by atoms with Gasteiger partial charge in [0.05, 0.1) is 31.9 Å². The van der Waals surface area contributed by atoms with Crippen LogP contribution in [0.15, 0.2) is 6.07 Å². The third-order valence-electron chi connectivity index (χ3n) is 2.22. The van der Waals surface area contributed by atoms with Crippen molar-refractivity contribution in [2.75, 3.05) is 14.2 Å². The Morgan fingerprint density at radius 3 is 2.50 bits per heavy atom. The molecule has 0 unspecified atom stereocenters. The summed E-state index contributed by atoms with van der Waals surface area (Å²) in [7, 11) is 2.39. The molecule has 0 fully saturated rings. The summed E-state index contributed by atoms with van der Waals surface area (Å²) in [6.07, 6.45) is -5.37.